The number of fused-ring (bicyclic) bond motifs is 1. The Balaban J connectivity index is 1.73. The molecule has 170 valence electrons. The zero-order chi connectivity index (χ0) is 24.0. The maximum Gasteiger partial charge on any atom is 0.301 e. The number of halogens is 2. The van der Waals surface area contributed by atoms with Crippen LogP contribution >= 0.6 is 11.3 Å². The van der Waals surface area contributed by atoms with E-state index in [1.54, 1.807) is 6.07 Å². The standard InChI is InChI=1S/C26H18F2N2O3S/c1-2-14-7-12-19-20(13-14)34-26(29-19)30-22(17-5-3-4-6-18(17)28)21(24(32)25(30)33)23(31)15-8-10-16(27)11-9-15/h3-13,22,31H,2H2,1H3/t22-/m1/s1. The molecule has 0 aliphatic carbocycles. The van der Waals surface area contributed by atoms with Crippen molar-refractivity contribution in [1.29, 1.82) is 0 Å². The first-order chi connectivity index (χ1) is 16.4. The van der Waals surface area contributed by atoms with Crippen LogP contribution in [0.5, 0.6) is 0 Å². The van der Waals surface area contributed by atoms with Crippen LogP contribution in [0.25, 0.3) is 16.0 Å². The average Bonchev–Trinajstić information content (AvgIpc) is 3.37. The number of aliphatic hydroxyl groups excluding tert-OH is 1. The van der Waals surface area contributed by atoms with Gasteiger partial charge in [-0.15, -0.1) is 0 Å². The van der Waals surface area contributed by atoms with Gasteiger partial charge in [-0.3, -0.25) is 14.5 Å². The van der Waals surface area contributed by atoms with E-state index in [2.05, 4.69) is 4.98 Å². The highest BCUT2D eigenvalue weighted by Crippen LogP contribution is 2.45. The summed E-state index contributed by atoms with van der Waals surface area (Å²) in [7, 11) is 0. The Kier molecular flexibility index (Phi) is 5.45. The van der Waals surface area contributed by atoms with Gasteiger partial charge in [0.2, 0.25) is 0 Å². The maximum absolute atomic E-state index is 15.0. The summed E-state index contributed by atoms with van der Waals surface area (Å²) in [5, 5.41) is 11.2. The van der Waals surface area contributed by atoms with Gasteiger partial charge in [0.05, 0.1) is 15.8 Å². The van der Waals surface area contributed by atoms with E-state index in [1.807, 2.05) is 25.1 Å². The molecule has 4 aromatic rings. The number of anilines is 1. The lowest BCUT2D eigenvalue weighted by atomic mass is 9.95. The number of aliphatic hydroxyl groups is 1. The number of carbonyl (C=O) groups is 2. The van der Waals surface area contributed by atoms with Crippen molar-refractivity contribution < 1.29 is 23.5 Å². The highest BCUT2D eigenvalue weighted by molar-refractivity contribution is 7.22. The highest BCUT2D eigenvalue weighted by Gasteiger charge is 2.49. The van der Waals surface area contributed by atoms with Gasteiger partial charge in [-0.2, -0.15) is 0 Å². The van der Waals surface area contributed by atoms with E-state index in [1.165, 1.54) is 41.7 Å². The van der Waals surface area contributed by atoms with Crippen molar-refractivity contribution in [3.8, 4) is 0 Å². The first-order valence-corrected chi connectivity index (χ1v) is 11.4. The van der Waals surface area contributed by atoms with Gasteiger partial charge in [0.1, 0.15) is 23.4 Å². The van der Waals surface area contributed by atoms with Gasteiger partial charge >= 0.3 is 5.91 Å². The molecule has 34 heavy (non-hydrogen) atoms. The summed E-state index contributed by atoms with van der Waals surface area (Å²) in [4.78, 5) is 32.0. The van der Waals surface area contributed by atoms with Crippen molar-refractivity contribution in [2.75, 3.05) is 4.90 Å². The molecule has 3 aromatic carbocycles. The van der Waals surface area contributed by atoms with Crippen molar-refractivity contribution >= 4 is 44.1 Å². The maximum atomic E-state index is 15.0. The molecule has 5 nitrogen and oxygen atoms in total. The van der Waals surface area contributed by atoms with E-state index in [0.29, 0.717) is 5.52 Å². The summed E-state index contributed by atoms with van der Waals surface area (Å²) < 4.78 is 29.2. The molecule has 0 saturated carbocycles. The van der Waals surface area contributed by atoms with Gasteiger partial charge in [-0.25, -0.2) is 13.8 Å². The van der Waals surface area contributed by atoms with Gasteiger partial charge in [0.25, 0.3) is 5.78 Å². The molecule has 0 spiro atoms. The normalized spacial score (nSPS) is 17.6. The number of ketones is 1. The van der Waals surface area contributed by atoms with Crippen molar-refractivity contribution in [2.45, 2.75) is 19.4 Å². The minimum absolute atomic E-state index is 0.0406. The number of amides is 1. The fraction of sp³-hybridized carbons (Fsp3) is 0.115. The molecule has 1 aliphatic rings. The van der Waals surface area contributed by atoms with Gasteiger partial charge in [-0.05, 0) is 54.4 Å². The second kappa shape index (κ2) is 8.46. The summed E-state index contributed by atoms with van der Waals surface area (Å²) in [5.41, 5.74) is 1.63. The molecular weight excluding hydrogens is 458 g/mol. The molecule has 2 heterocycles. The minimum Gasteiger partial charge on any atom is -0.507 e. The average molecular weight is 477 g/mol. The molecule has 0 radical (unpaired) electrons. The van der Waals surface area contributed by atoms with Crippen LogP contribution in [0.4, 0.5) is 13.9 Å². The Bertz CT molecular complexity index is 1480. The summed E-state index contributed by atoms with van der Waals surface area (Å²) in [6.45, 7) is 2.02. The second-order valence-corrected chi connectivity index (χ2v) is 8.86. The number of hydrogen-bond acceptors (Lipinski definition) is 5. The smallest absolute Gasteiger partial charge is 0.301 e. The van der Waals surface area contributed by atoms with Crippen LogP contribution in [0.3, 0.4) is 0 Å². The van der Waals surface area contributed by atoms with Crippen LogP contribution in [0.2, 0.25) is 0 Å². The predicted octanol–water partition coefficient (Wildman–Crippen LogP) is 5.76. The fourth-order valence-corrected chi connectivity index (χ4v) is 5.12. The Morgan fingerprint density at radius 2 is 1.79 bits per heavy atom. The molecule has 1 saturated heterocycles. The highest BCUT2D eigenvalue weighted by atomic mass is 32.1. The second-order valence-electron chi connectivity index (χ2n) is 7.85. The van der Waals surface area contributed by atoms with Gasteiger partial charge < -0.3 is 5.11 Å². The van der Waals surface area contributed by atoms with E-state index in [9.17, 15) is 23.5 Å². The largest absolute Gasteiger partial charge is 0.507 e. The SMILES string of the molecule is CCc1ccc2nc(N3C(=O)C(=O)C(=C(O)c4ccc(F)cc4)[C@H]3c3ccccc3F)sc2c1. The third kappa shape index (κ3) is 3.56. The summed E-state index contributed by atoms with van der Waals surface area (Å²) in [6.07, 6.45) is 0.820. The molecule has 5 rings (SSSR count). The van der Waals surface area contributed by atoms with E-state index in [4.69, 9.17) is 0 Å². The van der Waals surface area contributed by atoms with Crippen LogP contribution in [-0.4, -0.2) is 21.8 Å². The van der Waals surface area contributed by atoms with Crippen molar-refractivity contribution in [3.63, 3.8) is 0 Å². The van der Waals surface area contributed by atoms with Gasteiger partial charge in [-0.1, -0.05) is 42.5 Å². The number of rotatable bonds is 4. The van der Waals surface area contributed by atoms with Crippen LogP contribution in [0.15, 0.2) is 72.3 Å². The summed E-state index contributed by atoms with van der Waals surface area (Å²) in [6, 6.07) is 15.1. The fourth-order valence-electron chi connectivity index (χ4n) is 4.06. The molecule has 1 aliphatic heterocycles. The molecule has 8 heteroatoms. The first kappa shape index (κ1) is 21.9. The topological polar surface area (TPSA) is 70.5 Å². The first-order valence-electron chi connectivity index (χ1n) is 10.6. The molecule has 1 N–H and O–H groups in total. The summed E-state index contributed by atoms with van der Waals surface area (Å²) >= 11 is 1.21. The van der Waals surface area contributed by atoms with Crippen LogP contribution in [0.1, 0.15) is 29.7 Å². The van der Waals surface area contributed by atoms with Crippen LogP contribution in [-0.2, 0) is 16.0 Å². The number of carbonyl (C=O) groups excluding carboxylic acids is 2. The molecule has 1 amide bonds. The number of benzene rings is 3. The molecule has 0 unspecified atom stereocenters. The predicted molar refractivity (Wildman–Crippen MR) is 127 cm³/mol. The molecule has 1 fully saturated rings. The van der Waals surface area contributed by atoms with Crippen molar-refractivity contribution in [3.05, 3.63) is 101 Å². The Morgan fingerprint density at radius 3 is 2.50 bits per heavy atom. The Hall–Kier alpha value is -3.91. The van der Waals surface area contributed by atoms with Crippen molar-refractivity contribution in [1.82, 2.24) is 4.98 Å². The lowest BCUT2D eigenvalue weighted by Crippen LogP contribution is -2.29. The number of thiazole rings is 1. The Morgan fingerprint density at radius 1 is 1.06 bits per heavy atom. The lowest BCUT2D eigenvalue weighted by molar-refractivity contribution is -0.132. The van der Waals surface area contributed by atoms with E-state index >= 15 is 0 Å². The molecular formula is C26H18F2N2O3S. The minimum atomic E-state index is -1.24. The molecule has 0 bridgehead atoms. The number of hydrogen-bond donors (Lipinski definition) is 1. The van der Waals surface area contributed by atoms with E-state index in [0.717, 1.165) is 33.7 Å². The third-order valence-corrected chi connectivity index (χ3v) is 6.84. The molecule has 1 aromatic heterocycles. The van der Waals surface area contributed by atoms with Gasteiger partial charge in [0, 0.05) is 11.1 Å². The van der Waals surface area contributed by atoms with Crippen LogP contribution < -0.4 is 4.90 Å². The summed E-state index contributed by atoms with van der Waals surface area (Å²) in [5.74, 6) is -3.57. The quantitative estimate of drug-likeness (QED) is 0.231. The third-order valence-electron chi connectivity index (χ3n) is 5.82. The van der Waals surface area contributed by atoms with Crippen LogP contribution in [0, 0.1) is 11.6 Å². The number of aryl methyl sites for hydroxylation is 1. The van der Waals surface area contributed by atoms with Gasteiger partial charge in [0.15, 0.2) is 5.13 Å². The van der Waals surface area contributed by atoms with Crippen molar-refractivity contribution in [2.24, 2.45) is 0 Å². The zero-order valence-electron chi connectivity index (χ0n) is 18.0. The Labute approximate surface area is 197 Å². The zero-order valence-corrected chi connectivity index (χ0v) is 18.8. The van der Waals surface area contributed by atoms with E-state index < -0.39 is 35.1 Å². The monoisotopic (exact) mass is 476 g/mol. The molecule has 1 atom stereocenters. The number of nitrogens with zero attached hydrogens (tertiary/aromatic N) is 2. The van der Waals surface area contributed by atoms with E-state index in [-0.39, 0.29) is 21.8 Å². The number of aromatic nitrogens is 1. The number of Topliss-reactive ketones (excluding diaryl/α,β-unsaturated/α-hetero) is 1. The lowest BCUT2D eigenvalue weighted by Gasteiger charge is -2.23.